The topological polar surface area (TPSA) is 90.6 Å². The third-order valence-electron chi connectivity index (χ3n) is 2.90. The number of hydrogen-bond donors (Lipinski definition) is 2. The molecule has 3 N–H and O–H groups in total. The summed E-state index contributed by atoms with van der Waals surface area (Å²) < 4.78 is 10.1. The van der Waals surface area contributed by atoms with Crippen LogP contribution in [0.3, 0.4) is 0 Å². The minimum absolute atomic E-state index is 0.0176. The zero-order chi connectivity index (χ0) is 15.5. The molecule has 0 bridgehead atoms. The summed E-state index contributed by atoms with van der Waals surface area (Å²) in [5, 5.41) is 2.65. The van der Waals surface area contributed by atoms with E-state index in [4.69, 9.17) is 10.5 Å². The van der Waals surface area contributed by atoms with Gasteiger partial charge in [0.1, 0.15) is 11.3 Å². The van der Waals surface area contributed by atoms with Crippen molar-refractivity contribution >= 4 is 11.9 Å². The van der Waals surface area contributed by atoms with Crippen LogP contribution in [0.4, 0.5) is 0 Å². The molecular weight excluding hydrogens is 272 g/mol. The summed E-state index contributed by atoms with van der Waals surface area (Å²) in [4.78, 5) is 23.1. The number of carbonyl (C=O) groups is 2. The number of unbranched alkanes of at least 4 members (excludes halogenated alkanes) is 2. The lowest BCUT2D eigenvalue weighted by Gasteiger charge is -2.11. The van der Waals surface area contributed by atoms with Gasteiger partial charge in [-0.05, 0) is 31.5 Å². The summed E-state index contributed by atoms with van der Waals surface area (Å²) in [6, 6.07) is 6.72. The maximum absolute atomic E-state index is 11.6. The van der Waals surface area contributed by atoms with Crippen molar-refractivity contribution < 1.29 is 19.1 Å². The third-order valence-corrected chi connectivity index (χ3v) is 2.90. The molecule has 1 rings (SSSR count). The summed E-state index contributed by atoms with van der Waals surface area (Å²) in [5.74, 6) is -0.172. The molecule has 0 atom stereocenters. The molecule has 0 unspecified atom stereocenters. The Morgan fingerprint density at radius 3 is 2.67 bits per heavy atom. The van der Waals surface area contributed by atoms with E-state index in [1.54, 1.807) is 24.3 Å². The van der Waals surface area contributed by atoms with Crippen molar-refractivity contribution in [1.82, 2.24) is 5.32 Å². The molecule has 0 aromatic heterocycles. The number of para-hydroxylation sites is 1. The molecule has 0 saturated heterocycles. The van der Waals surface area contributed by atoms with Gasteiger partial charge in [0, 0.05) is 6.42 Å². The Balaban J connectivity index is 2.35. The Labute approximate surface area is 124 Å². The van der Waals surface area contributed by atoms with E-state index < -0.39 is 5.97 Å². The van der Waals surface area contributed by atoms with Crippen molar-refractivity contribution in [3.63, 3.8) is 0 Å². The first-order valence-electron chi connectivity index (χ1n) is 6.96. The molecule has 0 aliphatic heterocycles. The van der Waals surface area contributed by atoms with Gasteiger partial charge in [-0.3, -0.25) is 4.79 Å². The molecule has 0 aliphatic carbocycles. The zero-order valence-corrected chi connectivity index (χ0v) is 12.3. The first-order valence-corrected chi connectivity index (χ1v) is 6.96. The summed E-state index contributed by atoms with van der Waals surface area (Å²) in [6.07, 6.45) is 3.12. The number of ether oxygens (including phenoxy) is 2. The van der Waals surface area contributed by atoms with Gasteiger partial charge < -0.3 is 20.5 Å². The number of rotatable bonds is 9. The van der Waals surface area contributed by atoms with E-state index in [1.165, 1.54) is 7.11 Å². The van der Waals surface area contributed by atoms with E-state index in [1.807, 2.05) is 0 Å². The molecule has 0 radical (unpaired) electrons. The maximum atomic E-state index is 11.6. The van der Waals surface area contributed by atoms with E-state index >= 15 is 0 Å². The predicted molar refractivity (Wildman–Crippen MR) is 78.9 cm³/mol. The molecule has 21 heavy (non-hydrogen) atoms. The molecule has 0 aliphatic rings. The van der Waals surface area contributed by atoms with Crippen molar-refractivity contribution in [2.45, 2.75) is 25.7 Å². The largest absolute Gasteiger partial charge is 0.472 e. The van der Waals surface area contributed by atoms with Crippen molar-refractivity contribution in [3.8, 4) is 5.75 Å². The average molecular weight is 294 g/mol. The van der Waals surface area contributed by atoms with Crippen molar-refractivity contribution in [3.05, 3.63) is 29.8 Å². The van der Waals surface area contributed by atoms with Gasteiger partial charge in [-0.25, -0.2) is 4.79 Å². The van der Waals surface area contributed by atoms with Gasteiger partial charge in [-0.15, -0.1) is 0 Å². The lowest BCUT2D eigenvalue weighted by atomic mass is 10.2. The normalized spacial score (nSPS) is 10.0. The smallest absolute Gasteiger partial charge is 0.341 e. The van der Waals surface area contributed by atoms with E-state index in [9.17, 15) is 9.59 Å². The predicted octanol–water partition coefficient (Wildman–Crippen LogP) is 1.44. The fraction of sp³-hybridized carbons (Fsp3) is 0.467. The second-order valence-electron chi connectivity index (χ2n) is 4.48. The first kappa shape index (κ1) is 17.0. The number of nitrogens with two attached hydrogens (primary N) is 1. The molecule has 1 amide bonds. The number of hydrogen-bond acceptors (Lipinski definition) is 5. The SMILES string of the molecule is COC(=O)c1ccccc1OCNC(=O)CCCCCN. The van der Waals surface area contributed by atoms with E-state index in [0.29, 0.717) is 24.3 Å². The Morgan fingerprint density at radius 1 is 1.19 bits per heavy atom. The molecular formula is C15H22N2O4. The van der Waals surface area contributed by atoms with Gasteiger partial charge >= 0.3 is 5.97 Å². The van der Waals surface area contributed by atoms with Crippen LogP contribution >= 0.6 is 0 Å². The standard InChI is InChI=1S/C15H22N2O4/c1-20-15(19)12-7-4-5-8-13(12)21-11-17-14(18)9-3-2-6-10-16/h4-5,7-8H,2-3,6,9-11,16H2,1H3,(H,17,18). The van der Waals surface area contributed by atoms with Gasteiger partial charge in [0.2, 0.25) is 5.91 Å². The van der Waals surface area contributed by atoms with Crippen molar-refractivity contribution in [2.75, 3.05) is 20.4 Å². The molecule has 1 aromatic rings. The molecule has 116 valence electrons. The first-order chi connectivity index (χ1) is 10.2. The van der Waals surface area contributed by atoms with Crippen LogP contribution in [0, 0.1) is 0 Å². The second-order valence-corrected chi connectivity index (χ2v) is 4.48. The Morgan fingerprint density at radius 2 is 1.95 bits per heavy atom. The number of esters is 1. The Kier molecular flexibility index (Phi) is 7.89. The van der Waals surface area contributed by atoms with Crippen LogP contribution in [0.15, 0.2) is 24.3 Å². The molecule has 1 aromatic carbocycles. The maximum Gasteiger partial charge on any atom is 0.341 e. The number of nitrogens with one attached hydrogen (secondary N) is 1. The molecule has 6 heteroatoms. The summed E-state index contributed by atoms with van der Waals surface area (Å²) in [5.41, 5.74) is 5.71. The third kappa shape index (κ3) is 6.27. The quantitative estimate of drug-likeness (QED) is 0.408. The number of amides is 1. The van der Waals surface area contributed by atoms with Crippen molar-refractivity contribution in [2.24, 2.45) is 5.73 Å². The minimum Gasteiger partial charge on any atom is -0.472 e. The van der Waals surface area contributed by atoms with Gasteiger partial charge in [0.25, 0.3) is 0 Å². The molecule has 0 spiro atoms. The highest BCUT2D eigenvalue weighted by Crippen LogP contribution is 2.18. The second kappa shape index (κ2) is 9.77. The lowest BCUT2D eigenvalue weighted by Crippen LogP contribution is -2.27. The van der Waals surface area contributed by atoms with Gasteiger partial charge in [-0.2, -0.15) is 0 Å². The molecule has 0 heterocycles. The van der Waals surface area contributed by atoms with E-state index in [0.717, 1.165) is 19.3 Å². The zero-order valence-electron chi connectivity index (χ0n) is 12.3. The summed E-state index contributed by atoms with van der Waals surface area (Å²) in [6.45, 7) is 0.665. The van der Waals surface area contributed by atoms with Crippen LogP contribution in [0.2, 0.25) is 0 Å². The van der Waals surface area contributed by atoms with Crippen molar-refractivity contribution in [1.29, 1.82) is 0 Å². The van der Waals surface area contributed by atoms with Crippen LogP contribution in [0.1, 0.15) is 36.0 Å². The van der Waals surface area contributed by atoms with Gasteiger partial charge in [0.15, 0.2) is 6.73 Å². The van der Waals surface area contributed by atoms with Crippen LogP contribution in [0.5, 0.6) is 5.75 Å². The molecule has 6 nitrogen and oxygen atoms in total. The fourth-order valence-corrected chi connectivity index (χ4v) is 1.76. The highest BCUT2D eigenvalue weighted by molar-refractivity contribution is 5.92. The minimum atomic E-state index is -0.473. The van der Waals surface area contributed by atoms with Gasteiger partial charge in [-0.1, -0.05) is 18.6 Å². The number of carbonyl (C=O) groups excluding carboxylic acids is 2. The van der Waals surface area contributed by atoms with Gasteiger partial charge in [0.05, 0.1) is 7.11 Å². The molecule has 0 fully saturated rings. The van der Waals surface area contributed by atoms with E-state index in [2.05, 4.69) is 10.1 Å². The van der Waals surface area contributed by atoms with Crippen LogP contribution < -0.4 is 15.8 Å². The fourth-order valence-electron chi connectivity index (χ4n) is 1.76. The van der Waals surface area contributed by atoms with E-state index in [-0.39, 0.29) is 12.6 Å². The Bertz CT molecular complexity index is 463. The number of methoxy groups -OCH3 is 1. The molecule has 0 saturated carbocycles. The van der Waals surface area contributed by atoms with Crippen LogP contribution in [-0.4, -0.2) is 32.3 Å². The Hall–Kier alpha value is -2.08. The van der Waals surface area contributed by atoms with Crippen LogP contribution in [0.25, 0.3) is 0 Å². The monoisotopic (exact) mass is 294 g/mol. The highest BCUT2D eigenvalue weighted by Gasteiger charge is 2.12. The summed E-state index contributed by atoms with van der Waals surface area (Å²) in [7, 11) is 1.31. The lowest BCUT2D eigenvalue weighted by molar-refractivity contribution is -0.122. The highest BCUT2D eigenvalue weighted by atomic mass is 16.5. The average Bonchev–Trinajstić information content (AvgIpc) is 2.51. The summed E-state index contributed by atoms with van der Waals surface area (Å²) >= 11 is 0. The number of benzene rings is 1. The van der Waals surface area contributed by atoms with Crippen LogP contribution in [-0.2, 0) is 9.53 Å².